The number of hydrogen-bond donors (Lipinski definition) is 2. The molecule has 166 valence electrons. The summed E-state index contributed by atoms with van der Waals surface area (Å²) in [5.74, 6) is -3.85. The minimum Gasteiger partial charge on any atom is -0.478 e. The molecule has 0 aliphatic rings. The van der Waals surface area contributed by atoms with Gasteiger partial charge in [0.05, 0.1) is 17.7 Å². The van der Waals surface area contributed by atoms with Crippen molar-refractivity contribution in [2.45, 2.75) is 25.6 Å². The Hall–Kier alpha value is -3.40. The van der Waals surface area contributed by atoms with Crippen LogP contribution >= 0.6 is 0 Å². The van der Waals surface area contributed by atoms with Gasteiger partial charge in [0, 0.05) is 17.8 Å². The highest BCUT2D eigenvalue weighted by Gasteiger charge is 2.62. The summed E-state index contributed by atoms with van der Waals surface area (Å²) >= 11 is 0. The smallest absolute Gasteiger partial charge is 0.432 e. The summed E-state index contributed by atoms with van der Waals surface area (Å²) < 4.78 is 44.9. The van der Waals surface area contributed by atoms with E-state index >= 15 is 0 Å². The maximum absolute atomic E-state index is 13.5. The highest BCUT2D eigenvalue weighted by Crippen LogP contribution is 2.40. The van der Waals surface area contributed by atoms with E-state index in [-0.39, 0.29) is 30.0 Å². The van der Waals surface area contributed by atoms with Crippen LogP contribution in [0.5, 0.6) is 0 Å². The van der Waals surface area contributed by atoms with Crippen LogP contribution < -0.4 is 4.90 Å². The Balaban J connectivity index is 2.46. The highest BCUT2D eigenvalue weighted by atomic mass is 19.4. The Morgan fingerprint density at radius 3 is 1.97 bits per heavy atom. The first-order valence-corrected chi connectivity index (χ1v) is 9.20. The summed E-state index contributed by atoms with van der Waals surface area (Å²) in [6.45, 7) is 2.61. The van der Waals surface area contributed by atoms with E-state index in [2.05, 4.69) is 4.74 Å². The van der Waals surface area contributed by atoms with Crippen molar-refractivity contribution in [3.05, 3.63) is 65.2 Å². The normalized spacial score (nSPS) is 13.2. The van der Waals surface area contributed by atoms with Gasteiger partial charge in [-0.25, -0.2) is 9.59 Å². The van der Waals surface area contributed by atoms with Crippen LogP contribution in [0.1, 0.15) is 40.1 Å². The minimum absolute atomic E-state index is 0.0769. The Labute approximate surface area is 175 Å². The van der Waals surface area contributed by atoms with Gasteiger partial charge in [0.1, 0.15) is 0 Å². The van der Waals surface area contributed by atoms with Crippen LogP contribution in [0.4, 0.5) is 18.9 Å². The lowest BCUT2D eigenvalue weighted by Crippen LogP contribution is -2.50. The molecule has 0 aliphatic carbocycles. The van der Waals surface area contributed by atoms with E-state index in [1.165, 1.54) is 31.2 Å². The number of esters is 1. The molecule has 2 aromatic carbocycles. The van der Waals surface area contributed by atoms with Crippen molar-refractivity contribution < 1.29 is 42.5 Å². The number of halogens is 3. The number of carboxylic acids is 1. The molecule has 0 saturated heterocycles. The second kappa shape index (κ2) is 9.17. The molecule has 1 amide bonds. The summed E-state index contributed by atoms with van der Waals surface area (Å²) in [6.07, 6.45) is -5.35. The molecule has 0 spiro atoms. The zero-order valence-electron chi connectivity index (χ0n) is 16.6. The third-order valence-corrected chi connectivity index (χ3v) is 4.53. The van der Waals surface area contributed by atoms with Gasteiger partial charge in [0.25, 0.3) is 11.5 Å². The fourth-order valence-corrected chi connectivity index (χ4v) is 2.96. The molecule has 0 heterocycles. The van der Waals surface area contributed by atoms with Crippen LogP contribution in [-0.4, -0.2) is 47.4 Å². The number of nitrogens with zero attached hydrogens (tertiary/aromatic N) is 1. The molecule has 0 saturated carbocycles. The van der Waals surface area contributed by atoms with Gasteiger partial charge in [-0.3, -0.25) is 4.79 Å². The molecule has 0 unspecified atom stereocenters. The Kier molecular flexibility index (Phi) is 7.06. The minimum atomic E-state index is -5.35. The summed E-state index contributed by atoms with van der Waals surface area (Å²) in [5.41, 5.74) is -4.84. The van der Waals surface area contributed by atoms with Crippen molar-refractivity contribution in [1.82, 2.24) is 0 Å². The third-order valence-electron chi connectivity index (χ3n) is 4.53. The number of ether oxygens (including phenoxy) is 1. The molecule has 0 bridgehead atoms. The van der Waals surface area contributed by atoms with Gasteiger partial charge in [0.2, 0.25) is 0 Å². The van der Waals surface area contributed by atoms with Crippen LogP contribution in [0.25, 0.3) is 0 Å². The summed E-state index contributed by atoms with van der Waals surface area (Å²) in [6, 6.07) is 9.49. The van der Waals surface area contributed by atoms with Gasteiger partial charge in [-0.1, -0.05) is 24.3 Å². The van der Waals surface area contributed by atoms with Crippen molar-refractivity contribution in [3.8, 4) is 0 Å². The maximum atomic E-state index is 13.5. The number of rotatable bonds is 7. The number of anilines is 1. The topological polar surface area (TPSA) is 104 Å². The van der Waals surface area contributed by atoms with Crippen molar-refractivity contribution in [2.75, 3.05) is 18.1 Å². The predicted octanol–water partition coefficient (Wildman–Crippen LogP) is 3.36. The molecular weight excluding hydrogens is 419 g/mol. The molecule has 0 aliphatic heterocycles. The number of amides is 1. The monoisotopic (exact) mass is 439 g/mol. The average molecular weight is 439 g/mol. The molecule has 2 N–H and O–H groups in total. The fraction of sp³-hybridized carbons (Fsp3) is 0.286. The number of alkyl halides is 3. The quantitative estimate of drug-likeness (QED) is 0.641. The van der Waals surface area contributed by atoms with E-state index in [0.717, 1.165) is 29.2 Å². The SMILES string of the molecule is CCOC(=O)[C@](O)(c1ccc(N(CC)C(=O)c2ccccc2C(=O)O)cc1)C(F)(F)F. The van der Waals surface area contributed by atoms with E-state index in [1.54, 1.807) is 6.92 Å². The number of carboxylic acid groups (broad SMARTS) is 1. The first-order valence-electron chi connectivity index (χ1n) is 9.20. The standard InChI is InChI=1S/C21H20F3NO6/c1-3-25(17(26)15-7-5-6-8-16(15)18(27)28)14-11-9-13(10-12-14)20(30,21(22,23)24)19(29)31-4-2/h5-12,30H,3-4H2,1-2H3,(H,27,28)/t20-/m1/s1. The largest absolute Gasteiger partial charge is 0.478 e. The summed E-state index contributed by atoms with van der Waals surface area (Å²) in [4.78, 5) is 37.3. The zero-order chi connectivity index (χ0) is 23.4. The fourth-order valence-electron chi connectivity index (χ4n) is 2.96. The molecule has 31 heavy (non-hydrogen) atoms. The number of aromatic carboxylic acids is 1. The Bertz CT molecular complexity index is 974. The molecule has 2 aromatic rings. The molecule has 0 fully saturated rings. The second-order valence-electron chi connectivity index (χ2n) is 6.38. The molecule has 7 nitrogen and oxygen atoms in total. The summed E-state index contributed by atoms with van der Waals surface area (Å²) in [7, 11) is 0. The Morgan fingerprint density at radius 1 is 0.968 bits per heavy atom. The van der Waals surface area contributed by atoms with Gasteiger partial charge in [0.15, 0.2) is 0 Å². The molecule has 1 atom stereocenters. The second-order valence-corrected chi connectivity index (χ2v) is 6.38. The van der Waals surface area contributed by atoms with Gasteiger partial charge in [-0.2, -0.15) is 13.2 Å². The van der Waals surface area contributed by atoms with E-state index in [4.69, 9.17) is 0 Å². The lowest BCUT2D eigenvalue weighted by Gasteiger charge is -2.29. The molecule has 2 rings (SSSR count). The summed E-state index contributed by atoms with van der Waals surface area (Å²) in [5, 5.41) is 19.4. The first kappa shape index (κ1) is 23.9. The van der Waals surface area contributed by atoms with E-state index < -0.39 is 35.2 Å². The average Bonchev–Trinajstić information content (AvgIpc) is 2.73. The van der Waals surface area contributed by atoms with Gasteiger partial charge >= 0.3 is 18.1 Å². The van der Waals surface area contributed by atoms with E-state index in [0.29, 0.717) is 0 Å². The number of aliphatic hydroxyl groups is 1. The highest BCUT2D eigenvalue weighted by molar-refractivity contribution is 6.11. The first-order chi connectivity index (χ1) is 14.5. The molecule has 0 aromatic heterocycles. The van der Waals surface area contributed by atoms with Crippen molar-refractivity contribution in [1.29, 1.82) is 0 Å². The van der Waals surface area contributed by atoms with E-state index in [1.807, 2.05) is 0 Å². The predicted molar refractivity (Wildman–Crippen MR) is 104 cm³/mol. The van der Waals surface area contributed by atoms with Gasteiger partial charge in [-0.05, 0) is 38.1 Å². The van der Waals surface area contributed by atoms with Crippen LogP contribution in [0, 0.1) is 0 Å². The molecule has 10 heteroatoms. The number of carbonyl (C=O) groups is 3. The van der Waals surface area contributed by atoms with E-state index in [9.17, 15) is 37.8 Å². The molecule has 0 radical (unpaired) electrons. The number of hydrogen-bond acceptors (Lipinski definition) is 5. The van der Waals surface area contributed by atoms with Crippen molar-refractivity contribution >= 4 is 23.5 Å². The number of benzene rings is 2. The lowest BCUT2D eigenvalue weighted by atomic mass is 9.92. The van der Waals surface area contributed by atoms with Crippen molar-refractivity contribution in [2.24, 2.45) is 0 Å². The lowest BCUT2D eigenvalue weighted by molar-refractivity contribution is -0.267. The van der Waals surface area contributed by atoms with Crippen LogP contribution in [0.3, 0.4) is 0 Å². The van der Waals surface area contributed by atoms with Gasteiger partial charge < -0.3 is 19.8 Å². The molecular formula is C21H20F3NO6. The van der Waals surface area contributed by atoms with Gasteiger partial charge in [-0.15, -0.1) is 0 Å². The number of carbonyl (C=O) groups excluding carboxylic acids is 2. The van der Waals surface area contributed by atoms with Crippen LogP contribution in [-0.2, 0) is 15.1 Å². The van der Waals surface area contributed by atoms with Crippen LogP contribution in [0.2, 0.25) is 0 Å². The zero-order valence-corrected chi connectivity index (χ0v) is 16.6. The Morgan fingerprint density at radius 2 is 1.52 bits per heavy atom. The van der Waals surface area contributed by atoms with Crippen molar-refractivity contribution in [3.63, 3.8) is 0 Å². The van der Waals surface area contributed by atoms with Crippen LogP contribution in [0.15, 0.2) is 48.5 Å². The third kappa shape index (κ3) is 4.53. The maximum Gasteiger partial charge on any atom is 0.432 e.